The molecule has 0 unspecified atom stereocenters. The number of hydrogen-bond donors (Lipinski definition) is 1. The zero-order valence-electron chi connectivity index (χ0n) is 22.2. The Morgan fingerprint density at radius 3 is 2.68 bits per heavy atom. The van der Waals surface area contributed by atoms with E-state index >= 15 is 0 Å². The number of benzene rings is 2. The molecule has 2 heterocycles. The number of halogens is 2. The van der Waals surface area contributed by atoms with E-state index in [9.17, 15) is 5.11 Å². The van der Waals surface area contributed by atoms with E-state index in [1.165, 1.54) is 0 Å². The Labute approximate surface area is 235 Å². The molecule has 0 saturated carbocycles. The molecule has 3 aromatic rings. The second-order valence-electron chi connectivity index (χ2n) is 9.80. The van der Waals surface area contributed by atoms with Crippen molar-refractivity contribution < 1.29 is 19.3 Å². The first-order valence-electron chi connectivity index (χ1n) is 13.2. The summed E-state index contributed by atoms with van der Waals surface area (Å²) >= 11 is 12.1. The van der Waals surface area contributed by atoms with Crippen molar-refractivity contribution in [3.63, 3.8) is 0 Å². The summed E-state index contributed by atoms with van der Waals surface area (Å²) in [6.07, 6.45) is 7.85. The van der Waals surface area contributed by atoms with E-state index in [1.54, 1.807) is 25.3 Å². The molecule has 0 amide bonds. The van der Waals surface area contributed by atoms with E-state index in [4.69, 9.17) is 37.4 Å². The molecule has 1 saturated heterocycles. The Morgan fingerprint density at radius 2 is 1.89 bits per heavy atom. The molecule has 0 bridgehead atoms. The topological polar surface area (TPSA) is 69.0 Å². The largest absolute Gasteiger partial charge is 0.493 e. The molecule has 4 rings (SSSR count). The fraction of sp³-hybridized carbons (Fsp3) is 0.483. The summed E-state index contributed by atoms with van der Waals surface area (Å²) < 4.78 is 19.7. The number of methoxy groups -OCH3 is 1. The van der Waals surface area contributed by atoms with Crippen LogP contribution in [0.25, 0.3) is 0 Å². The number of aliphatic hydroxyl groups is 1. The lowest BCUT2D eigenvalue weighted by atomic mass is 9.96. The molecular formula is C29H37Cl2N3O4. The van der Waals surface area contributed by atoms with Crippen molar-refractivity contribution in [1.29, 1.82) is 0 Å². The number of aryl methyl sites for hydroxylation is 2. The first-order valence-corrected chi connectivity index (χ1v) is 14.0. The minimum Gasteiger partial charge on any atom is -0.493 e. The molecule has 1 fully saturated rings. The normalized spacial score (nSPS) is 18.2. The van der Waals surface area contributed by atoms with Gasteiger partial charge < -0.3 is 23.9 Å². The third-order valence-corrected chi connectivity index (χ3v) is 7.70. The minimum atomic E-state index is -0.887. The first-order chi connectivity index (χ1) is 18.4. The van der Waals surface area contributed by atoms with Crippen LogP contribution in [0.3, 0.4) is 0 Å². The Morgan fingerprint density at radius 1 is 1.03 bits per heavy atom. The zero-order chi connectivity index (χ0) is 27.0. The van der Waals surface area contributed by atoms with Crippen LogP contribution in [0.4, 0.5) is 0 Å². The molecule has 38 heavy (non-hydrogen) atoms. The van der Waals surface area contributed by atoms with E-state index in [1.807, 2.05) is 18.5 Å². The average molecular weight is 563 g/mol. The first kappa shape index (κ1) is 28.6. The number of rotatable bonds is 12. The van der Waals surface area contributed by atoms with Crippen LogP contribution in [0.1, 0.15) is 44.0 Å². The van der Waals surface area contributed by atoms with Crippen LogP contribution in [0.5, 0.6) is 17.2 Å². The molecule has 9 heteroatoms. The summed E-state index contributed by atoms with van der Waals surface area (Å²) in [5.41, 5.74) is 0.267. The van der Waals surface area contributed by atoms with Crippen molar-refractivity contribution in [3.05, 3.63) is 70.2 Å². The molecule has 0 radical (unpaired) electrons. The summed E-state index contributed by atoms with van der Waals surface area (Å²) in [6, 6.07) is 11.3. The number of ether oxygens (including phenoxy) is 3. The summed E-state index contributed by atoms with van der Waals surface area (Å²) in [5.74, 6) is 3.19. The van der Waals surface area contributed by atoms with Gasteiger partial charge in [-0.15, -0.1) is 0 Å². The van der Waals surface area contributed by atoms with E-state index in [-0.39, 0.29) is 6.61 Å². The lowest BCUT2D eigenvalue weighted by Crippen LogP contribution is -2.37. The summed E-state index contributed by atoms with van der Waals surface area (Å²) in [7, 11) is 1.66. The fourth-order valence-electron chi connectivity index (χ4n) is 4.79. The number of hydrogen-bond acceptors (Lipinski definition) is 6. The molecule has 1 N–H and O–H groups in total. The number of likely N-dealkylation sites (tertiary alicyclic amines) is 1. The van der Waals surface area contributed by atoms with Gasteiger partial charge in [0.1, 0.15) is 18.2 Å². The Kier molecular flexibility index (Phi) is 10.2. The highest BCUT2D eigenvalue weighted by Crippen LogP contribution is 2.31. The van der Waals surface area contributed by atoms with Gasteiger partial charge in [-0.1, -0.05) is 36.2 Å². The van der Waals surface area contributed by atoms with Crippen molar-refractivity contribution in [2.24, 2.45) is 0 Å². The SMILES string of the molecule is CCc1nccn1CCCOc1cc(CN2CCC[C@](O)(COc3ccc(Cl)c(Cl)c3)CC2)ccc1OC. The van der Waals surface area contributed by atoms with Crippen LogP contribution in [-0.4, -0.2) is 58.6 Å². The van der Waals surface area contributed by atoms with E-state index in [0.29, 0.717) is 35.2 Å². The maximum Gasteiger partial charge on any atom is 0.161 e. The van der Waals surface area contributed by atoms with E-state index < -0.39 is 5.60 Å². The lowest BCUT2D eigenvalue weighted by molar-refractivity contribution is -0.0168. The lowest BCUT2D eigenvalue weighted by Gasteiger charge is -2.27. The van der Waals surface area contributed by atoms with Gasteiger partial charge in [0, 0.05) is 44.5 Å². The summed E-state index contributed by atoms with van der Waals surface area (Å²) in [4.78, 5) is 6.75. The molecule has 1 atom stereocenters. The predicted octanol–water partition coefficient (Wildman–Crippen LogP) is 6.03. The maximum atomic E-state index is 11.2. The zero-order valence-corrected chi connectivity index (χ0v) is 23.7. The second kappa shape index (κ2) is 13.6. The van der Waals surface area contributed by atoms with Crippen molar-refractivity contribution in [2.45, 2.75) is 57.7 Å². The molecule has 1 aliphatic heterocycles. The van der Waals surface area contributed by atoms with Crippen LogP contribution in [0, 0.1) is 0 Å². The van der Waals surface area contributed by atoms with Gasteiger partial charge in [0.05, 0.1) is 29.4 Å². The maximum absolute atomic E-state index is 11.2. The molecule has 0 aliphatic carbocycles. The van der Waals surface area contributed by atoms with Gasteiger partial charge in [-0.05, 0) is 62.1 Å². The van der Waals surface area contributed by atoms with Crippen LogP contribution in [0.2, 0.25) is 10.0 Å². The fourth-order valence-corrected chi connectivity index (χ4v) is 5.08. The summed E-state index contributed by atoms with van der Waals surface area (Å²) in [6.45, 7) is 6.25. The smallest absolute Gasteiger partial charge is 0.161 e. The van der Waals surface area contributed by atoms with Crippen molar-refractivity contribution in [3.8, 4) is 17.2 Å². The van der Waals surface area contributed by atoms with E-state index in [0.717, 1.165) is 68.3 Å². The van der Waals surface area contributed by atoms with E-state index in [2.05, 4.69) is 33.5 Å². The highest BCUT2D eigenvalue weighted by molar-refractivity contribution is 6.42. The van der Waals surface area contributed by atoms with Gasteiger partial charge in [0.25, 0.3) is 0 Å². The van der Waals surface area contributed by atoms with Crippen LogP contribution in [-0.2, 0) is 19.5 Å². The number of imidazole rings is 1. The van der Waals surface area contributed by atoms with Crippen molar-refractivity contribution in [2.75, 3.05) is 33.4 Å². The Balaban J connectivity index is 1.29. The number of aromatic nitrogens is 2. The van der Waals surface area contributed by atoms with Gasteiger partial charge in [-0.3, -0.25) is 4.90 Å². The van der Waals surface area contributed by atoms with Gasteiger partial charge >= 0.3 is 0 Å². The molecule has 2 aromatic carbocycles. The predicted molar refractivity (Wildman–Crippen MR) is 151 cm³/mol. The second-order valence-corrected chi connectivity index (χ2v) is 10.6. The van der Waals surface area contributed by atoms with Gasteiger partial charge in [-0.25, -0.2) is 4.98 Å². The Bertz CT molecular complexity index is 1190. The highest BCUT2D eigenvalue weighted by Gasteiger charge is 2.31. The van der Waals surface area contributed by atoms with Crippen LogP contribution in [0.15, 0.2) is 48.8 Å². The van der Waals surface area contributed by atoms with Crippen molar-refractivity contribution >= 4 is 23.2 Å². The molecule has 0 spiro atoms. The number of nitrogens with zero attached hydrogens (tertiary/aromatic N) is 3. The third-order valence-electron chi connectivity index (χ3n) is 6.96. The van der Waals surface area contributed by atoms with Gasteiger partial charge in [0.15, 0.2) is 11.5 Å². The molecule has 206 valence electrons. The highest BCUT2D eigenvalue weighted by atomic mass is 35.5. The molecule has 1 aliphatic rings. The monoisotopic (exact) mass is 561 g/mol. The average Bonchev–Trinajstić information content (AvgIpc) is 3.30. The summed E-state index contributed by atoms with van der Waals surface area (Å²) in [5, 5.41) is 12.1. The Hall–Kier alpha value is -2.45. The molecular weight excluding hydrogens is 525 g/mol. The molecule has 7 nitrogen and oxygen atoms in total. The minimum absolute atomic E-state index is 0.220. The van der Waals surface area contributed by atoms with Crippen LogP contribution < -0.4 is 14.2 Å². The quantitative estimate of drug-likeness (QED) is 0.272. The van der Waals surface area contributed by atoms with Gasteiger partial charge in [-0.2, -0.15) is 0 Å². The van der Waals surface area contributed by atoms with Gasteiger partial charge in [0.2, 0.25) is 0 Å². The third kappa shape index (κ3) is 7.79. The standard InChI is InChI=1S/C29H37Cl2N3O4/c1-3-28-32-12-16-34(28)14-5-17-37-27-18-22(6-9-26(27)36-2)20-33-13-4-10-29(35,11-15-33)21-38-23-7-8-24(30)25(31)19-23/h6-9,12,16,18-19,35H,3-5,10-11,13-15,17,20-21H2,1-2H3/t29-/m1/s1. The molecule has 1 aromatic heterocycles. The van der Waals surface area contributed by atoms with Crippen LogP contribution >= 0.6 is 23.2 Å². The van der Waals surface area contributed by atoms with Crippen molar-refractivity contribution in [1.82, 2.24) is 14.5 Å².